The van der Waals surface area contributed by atoms with Crippen LogP contribution in [-0.2, 0) is 4.79 Å². The first-order valence-electron chi connectivity index (χ1n) is 8.41. The molecule has 4 heteroatoms. The number of hydrogen-bond acceptors (Lipinski definition) is 3. The van der Waals surface area contributed by atoms with Crippen molar-refractivity contribution in [3.05, 3.63) is 48.0 Å². The molecule has 0 radical (unpaired) electrons. The Morgan fingerprint density at radius 2 is 1.92 bits per heavy atom. The molecule has 1 amide bonds. The second-order valence-electron chi connectivity index (χ2n) is 6.03. The molecule has 124 valence electrons. The number of carbonyl (C=O) groups excluding carboxylic acids is 1. The number of aromatic nitrogens is 1. The van der Waals surface area contributed by atoms with Gasteiger partial charge in [-0.05, 0) is 54.3 Å². The van der Waals surface area contributed by atoms with E-state index in [2.05, 4.69) is 36.3 Å². The highest BCUT2D eigenvalue weighted by Crippen LogP contribution is 2.28. The number of oxazole rings is 1. The monoisotopic (exact) mass is 322 g/mol. The van der Waals surface area contributed by atoms with Gasteiger partial charge in [-0.3, -0.25) is 4.79 Å². The summed E-state index contributed by atoms with van der Waals surface area (Å²) in [6, 6.07) is 13.7. The fourth-order valence-electron chi connectivity index (χ4n) is 2.56. The van der Waals surface area contributed by atoms with Crippen LogP contribution in [0.15, 0.2) is 46.9 Å². The molecule has 0 saturated heterocycles. The first kappa shape index (κ1) is 16.2. The smallest absolute Gasteiger partial charge is 0.227 e. The van der Waals surface area contributed by atoms with Crippen LogP contribution in [0.25, 0.3) is 22.6 Å². The Morgan fingerprint density at radius 3 is 2.58 bits per heavy atom. The zero-order chi connectivity index (χ0) is 17.1. The zero-order valence-electron chi connectivity index (χ0n) is 14.3. The molecule has 24 heavy (non-hydrogen) atoms. The van der Waals surface area contributed by atoms with E-state index in [9.17, 15) is 4.79 Å². The predicted molar refractivity (Wildman–Crippen MR) is 97.1 cm³/mol. The van der Waals surface area contributed by atoms with E-state index in [1.165, 1.54) is 5.56 Å². The van der Waals surface area contributed by atoms with Crippen molar-refractivity contribution in [3.8, 4) is 11.5 Å². The molecular formula is C20H22N2O2. The molecule has 1 N–H and O–H groups in total. The molecule has 0 aliphatic rings. The Bertz CT molecular complexity index is 850. The van der Waals surface area contributed by atoms with E-state index >= 15 is 0 Å². The first-order chi connectivity index (χ1) is 11.6. The lowest BCUT2D eigenvalue weighted by Gasteiger charge is -2.07. The van der Waals surface area contributed by atoms with Crippen LogP contribution in [0.4, 0.5) is 5.69 Å². The van der Waals surface area contributed by atoms with Gasteiger partial charge >= 0.3 is 0 Å². The Hall–Kier alpha value is -2.62. The van der Waals surface area contributed by atoms with Crippen molar-refractivity contribution < 1.29 is 9.21 Å². The van der Waals surface area contributed by atoms with E-state index in [4.69, 9.17) is 4.42 Å². The minimum Gasteiger partial charge on any atom is -0.436 e. The topological polar surface area (TPSA) is 55.1 Å². The average molecular weight is 322 g/mol. The van der Waals surface area contributed by atoms with Crippen LogP contribution in [0.2, 0.25) is 0 Å². The maximum absolute atomic E-state index is 11.4. The largest absolute Gasteiger partial charge is 0.436 e. The summed E-state index contributed by atoms with van der Waals surface area (Å²) in [6.45, 7) is 6.23. The zero-order valence-corrected chi connectivity index (χ0v) is 14.3. The number of rotatable bonds is 5. The molecule has 1 atom stereocenters. The van der Waals surface area contributed by atoms with E-state index in [0.29, 0.717) is 18.2 Å². The SMILES string of the molecule is CCC(=O)Nc1ccc(-c2nc3cc([C@H](C)CC)ccc3o2)cc1. The van der Waals surface area contributed by atoms with Gasteiger partial charge in [0.05, 0.1) is 0 Å². The summed E-state index contributed by atoms with van der Waals surface area (Å²) in [6.07, 6.45) is 1.56. The molecule has 3 rings (SSSR count). The van der Waals surface area contributed by atoms with Gasteiger partial charge in [-0.25, -0.2) is 4.98 Å². The third kappa shape index (κ3) is 3.32. The summed E-state index contributed by atoms with van der Waals surface area (Å²) >= 11 is 0. The number of benzene rings is 2. The summed E-state index contributed by atoms with van der Waals surface area (Å²) in [5.41, 5.74) is 4.63. The third-order valence-electron chi connectivity index (χ3n) is 4.33. The number of fused-ring (bicyclic) bond motifs is 1. The normalized spacial score (nSPS) is 12.3. The number of carbonyl (C=O) groups is 1. The van der Waals surface area contributed by atoms with E-state index in [-0.39, 0.29) is 5.91 Å². The minimum absolute atomic E-state index is 0.00202. The molecule has 0 aliphatic carbocycles. The van der Waals surface area contributed by atoms with Crippen molar-refractivity contribution in [2.75, 3.05) is 5.32 Å². The molecule has 0 unspecified atom stereocenters. The Balaban J connectivity index is 1.87. The lowest BCUT2D eigenvalue weighted by molar-refractivity contribution is -0.115. The molecule has 0 aliphatic heterocycles. The van der Waals surface area contributed by atoms with E-state index in [1.54, 1.807) is 0 Å². The highest BCUT2D eigenvalue weighted by Gasteiger charge is 2.11. The molecule has 3 aromatic rings. The van der Waals surface area contributed by atoms with Gasteiger partial charge in [0, 0.05) is 17.7 Å². The first-order valence-corrected chi connectivity index (χ1v) is 8.41. The predicted octanol–water partition coefficient (Wildman–Crippen LogP) is 5.36. The molecule has 0 bridgehead atoms. The van der Waals surface area contributed by atoms with Crippen LogP contribution < -0.4 is 5.32 Å². The van der Waals surface area contributed by atoms with Crippen molar-refractivity contribution >= 4 is 22.7 Å². The summed E-state index contributed by atoms with van der Waals surface area (Å²) in [7, 11) is 0. The lowest BCUT2D eigenvalue weighted by Crippen LogP contribution is -2.08. The molecule has 1 heterocycles. The summed E-state index contributed by atoms with van der Waals surface area (Å²) in [5.74, 6) is 1.11. The number of nitrogens with one attached hydrogen (secondary N) is 1. The summed E-state index contributed by atoms with van der Waals surface area (Å²) < 4.78 is 5.87. The van der Waals surface area contributed by atoms with Crippen LogP contribution in [0.1, 0.15) is 45.1 Å². The van der Waals surface area contributed by atoms with Crippen LogP contribution in [0.3, 0.4) is 0 Å². The number of anilines is 1. The second-order valence-corrected chi connectivity index (χ2v) is 6.03. The summed E-state index contributed by atoms with van der Waals surface area (Å²) in [4.78, 5) is 16.0. The van der Waals surface area contributed by atoms with Crippen molar-refractivity contribution in [1.29, 1.82) is 0 Å². The fourth-order valence-corrected chi connectivity index (χ4v) is 2.56. The van der Waals surface area contributed by atoms with Crippen molar-refractivity contribution in [3.63, 3.8) is 0 Å². The second kappa shape index (κ2) is 6.87. The number of nitrogens with zero attached hydrogens (tertiary/aromatic N) is 1. The molecule has 0 saturated carbocycles. The molecule has 1 aromatic heterocycles. The third-order valence-corrected chi connectivity index (χ3v) is 4.33. The molecular weight excluding hydrogens is 300 g/mol. The van der Waals surface area contributed by atoms with E-state index in [0.717, 1.165) is 28.8 Å². The standard InChI is InChI=1S/C20H22N2O2/c1-4-13(3)15-8-11-18-17(12-15)22-20(24-18)14-6-9-16(10-7-14)21-19(23)5-2/h6-13H,4-5H2,1-3H3,(H,21,23)/t13-/m1/s1. The molecule has 0 fully saturated rings. The Labute approximate surface area is 141 Å². The van der Waals surface area contributed by atoms with Gasteiger partial charge in [-0.2, -0.15) is 0 Å². The van der Waals surface area contributed by atoms with Gasteiger partial charge in [0.25, 0.3) is 0 Å². The van der Waals surface area contributed by atoms with Crippen LogP contribution >= 0.6 is 0 Å². The maximum atomic E-state index is 11.4. The highest BCUT2D eigenvalue weighted by molar-refractivity contribution is 5.90. The van der Waals surface area contributed by atoms with Gasteiger partial charge in [0.15, 0.2) is 5.58 Å². The lowest BCUT2D eigenvalue weighted by atomic mass is 9.98. The Morgan fingerprint density at radius 1 is 1.17 bits per heavy atom. The molecule has 2 aromatic carbocycles. The quantitative estimate of drug-likeness (QED) is 0.688. The van der Waals surface area contributed by atoms with Gasteiger partial charge in [-0.15, -0.1) is 0 Å². The average Bonchev–Trinajstić information content (AvgIpc) is 3.04. The molecule has 0 spiro atoms. The van der Waals surface area contributed by atoms with Crippen molar-refractivity contribution in [2.45, 2.75) is 39.5 Å². The van der Waals surface area contributed by atoms with Crippen molar-refractivity contribution in [1.82, 2.24) is 4.98 Å². The highest BCUT2D eigenvalue weighted by atomic mass is 16.3. The van der Waals surface area contributed by atoms with E-state index < -0.39 is 0 Å². The minimum atomic E-state index is 0.00202. The number of amides is 1. The van der Waals surface area contributed by atoms with Crippen LogP contribution in [0.5, 0.6) is 0 Å². The van der Waals surface area contributed by atoms with Gasteiger partial charge in [0.2, 0.25) is 11.8 Å². The van der Waals surface area contributed by atoms with Crippen LogP contribution in [-0.4, -0.2) is 10.9 Å². The number of hydrogen-bond donors (Lipinski definition) is 1. The van der Waals surface area contributed by atoms with Crippen LogP contribution in [0, 0.1) is 0 Å². The fraction of sp³-hybridized carbons (Fsp3) is 0.300. The van der Waals surface area contributed by atoms with Gasteiger partial charge < -0.3 is 9.73 Å². The van der Waals surface area contributed by atoms with E-state index in [1.807, 2.05) is 37.3 Å². The summed E-state index contributed by atoms with van der Waals surface area (Å²) in [5, 5.41) is 2.83. The van der Waals surface area contributed by atoms with Gasteiger partial charge in [-0.1, -0.05) is 26.8 Å². The van der Waals surface area contributed by atoms with Gasteiger partial charge in [0.1, 0.15) is 5.52 Å². The Kier molecular flexibility index (Phi) is 4.65. The van der Waals surface area contributed by atoms with Crippen molar-refractivity contribution in [2.24, 2.45) is 0 Å². The molecule has 4 nitrogen and oxygen atoms in total. The maximum Gasteiger partial charge on any atom is 0.227 e.